The molecule has 0 N–H and O–H groups in total. The van der Waals surface area contributed by atoms with Crippen LogP contribution in [0.4, 0.5) is 0 Å². The van der Waals surface area contributed by atoms with Crippen LogP contribution in [0.25, 0.3) is 0 Å². The van der Waals surface area contributed by atoms with E-state index < -0.39 is 17.4 Å². The lowest BCUT2D eigenvalue weighted by Gasteiger charge is -2.37. The Morgan fingerprint density at radius 1 is 1.19 bits per heavy atom. The average Bonchev–Trinajstić information content (AvgIpc) is 3.06. The first-order valence-electron chi connectivity index (χ1n) is 7.52. The number of allylic oxidation sites excluding steroid dienone is 2. The normalized spacial score (nSPS) is 32.8. The standard InChI is InChI=1S/C16H22O4S/c1-19-14(17)16(15(18)20-2)8-10-12(21-3)7-9-5-4-6-11(16)13(9)10/h9,11,13H,4-8H2,1-3H3/t9-,11+,13-/m1/s1. The van der Waals surface area contributed by atoms with Gasteiger partial charge in [-0.3, -0.25) is 9.59 Å². The van der Waals surface area contributed by atoms with E-state index in [1.54, 1.807) is 11.8 Å². The Morgan fingerprint density at radius 2 is 1.86 bits per heavy atom. The van der Waals surface area contributed by atoms with E-state index in [0.717, 1.165) is 19.3 Å². The number of carbonyl (C=O) groups is 2. The Hall–Kier alpha value is -0.970. The van der Waals surface area contributed by atoms with Crippen LogP contribution in [-0.2, 0) is 19.1 Å². The van der Waals surface area contributed by atoms with E-state index in [9.17, 15) is 9.59 Å². The summed E-state index contributed by atoms with van der Waals surface area (Å²) in [5.74, 6) is 0.192. The number of esters is 2. The molecule has 116 valence electrons. The van der Waals surface area contributed by atoms with Crippen molar-refractivity contribution in [2.24, 2.45) is 23.2 Å². The third kappa shape index (κ3) is 1.89. The van der Waals surface area contributed by atoms with Gasteiger partial charge >= 0.3 is 11.9 Å². The van der Waals surface area contributed by atoms with E-state index in [0.29, 0.717) is 18.3 Å². The second-order valence-corrected chi connectivity index (χ2v) is 7.21. The molecule has 3 aliphatic rings. The highest BCUT2D eigenvalue weighted by Crippen LogP contribution is 2.64. The lowest BCUT2D eigenvalue weighted by Crippen LogP contribution is -2.47. The molecule has 0 aromatic heterocycles. The maximum atomic E-state index is 12.5. The van der Waals surface area contributed by atoms with Gasteiger partial charge in [-0.2, -0.15) is 0 Å². The second kappa shape index (κ2) is 5.34. The van der Waals surface area contributed by atoms with E-state index >= 15 is 0 Å². The fourth-order valence-electron chi connectivity index (χ4n) is 4.91. The fourth-order valence-corrected chi connectivity index (χ4v) is 5.76. The Bertz CT molecular complexity index is 494. The Balaban J connectivity index is 2.10. The minimum atomic E-state index is -1.11. The third-order valence-electron chi connectivity index (χ3n) is 5.69. The van der Waals surface area contributed by atoms with Gasteiger partial charge in [-0.25, -0.2) is 0 Å². The van der Waals surface area contributed by atoms with Gasteiger partial charge in [-0.05, 0) is 54.6 Å². The molecule has 0 saturated heterocycles. The molecule has 0 amide bonds. The zero-order chi connectivity index (χ0) is 15.2. The summed E-state index contributed by atoms with van der Waals surface area (Å²) in [5.41, 5.74) is 0.219. The van der Waals surface area contributed by atoms with E-state index in [-0.39, 0.29) is 5.92 Å². The van der Waals surface area contributed by atoms with Crippen molar-refractivity contribution >= 4 is 23.7 Å². The predicted molar refractivity (Wildman–Crippen MR) is 80.6 cm³/mol. The third-order valence-corrected chi connectivity index (χ3v) is 6.61. The van der Waals surface area contributed by atoms with Gasteiger partial charge in [0.05, 0.1) is 14.2 Å². The van der Waals surface area contributed by atoms with Crippen LogP contribution in [0.5, 0.6) is 0 Å². The molecule has 3 rings (SSSR count). The van der Waals surface area contributed by atoms with Crippen LogP contribution in [0.1, 0.15) is 32.1 Å². The van der Waals surface area contributed by atoms with Crippen LogP contribution in [0.15, 0.2) is 10.5 Å². The molecule has 0 radical (unpaired) electrons. The van der Waals surface area contributed by atoms with Gasteiger partial charge in [0, 0.05) is 0 Å². The molecular formula is C16H22O4S. The summed E-state index contributed by atoms with van der Waals surface area (Å²) in [5, 5.41) is 0. The van der Waals surface area contributed by atoms with Crippen molar-refractivity contribution in [3.05, 3.63) is 10.5 Å². The lowest BCUT2D eigenvalue weighted by atomic mass is 9.66. The molecule has 0 heterocycles. The maximum Gasteiger partial charge on any atom is 0.323 e. The molecule has 2 fully saturated rings. The van der Waals surface area contributed by atoms with Gasteiger partial charge in [-0.15, -0.1) is 11.8 Å². The zero-order valence-electron chi connectivity index (χ0n) is 12.8. The Morgan fingerprint density at radius 3 is 2.43 bits per heavy atom. The van der Waals surface area contributed by atoms with Gasteiger partial charge in [-0.1, -0.05) is 12.0 Å². The van der Waals surface area contributed by atoms with Crippen molar-refractivity contribution in [3.8, 4) is 0 Å². The van der Waals surface area contributed by atoms with Crippen molar-refractivity contribution < 1.29 is 19.1 Å². The molecule has 2 saturated carbocycles. The molecular weight excluding hydrogens is 288 g/mol. The Labute approximate surface area is 129 Å². The molecule has 3 aliphatic carbocycles. The van der Waals surface area contributed by atoms with Crippen molar-refractivity contribution in [3.63, 3.8) is 0 Å². The zero-order valence-corrected chi connectivity index (χ0v) is 13.6. The van der Waals surface area contributed by atoms with Crippen LogP contribution in [0.3, 0.4) is 0 Å². The first-order chi connectivity index (χ1) is 10.1. The smallest absolute Gasteiger partial charge is 0.323 e. The number of carbonyl (C=O) groups excluding carboxylic acids is 2. The fraction of sp³-hybridized carbons (Fsp3) is 0.750. The second-order valence-electron chi connectivity index (χ2n) is 6.31. The molecule has 0 bridgehead atoms. The molecule has 0 aromatic rings. The lowest BCUT2D eigenvalue weighted by molar-refractivity contribution is -0.174. The minimum absolute atomic E-state index is 0.0517. The van der Waals surface area contributed by atoms with Crippen molar-refractivity contribution in [2.45, 2.75) is 32.1 Å². The molecule has 3 atom stereocenters. The number of methoxy groups -OCH3 is 2. The summed E-state index contributed by atoms with van der Waals surface area (Å²) >= 11 is 1.77. The average molecular weight is 310 g/mol. The van der Waals surface area contributed by atoms with Crippen LogP contribution in [0, 0.1) is 23.2 Å². The van der Waals surface area contributed by atoms with Gasteiger partial charge in [0.1, 0.15) is 0 Å². The number of hydrogen-bond donors (Lipinski definition) is 0. The van der Waals surface area contributed by atoms with E-state index in [2.05, 4.69) is 6.26 Å². The van der Waals surface area contributed by atoms with Gasteiger partial charge < -0.3 is 9.47 Å². The van der Waals surface area contributed by atoms with Crippen molar-refractivity contribution in [1.82, 2.24) is 0 Å². The number of ether oxygens (including phenoxy) is 2. The molecule has 5 heteroatoms. The molecule has 0 spiro atoms. The summed E-state index contributed by atoms with van der Waals surface area (Å²) in [6.45, 7) is 0. The van der Waals surface area contributed by atoms with Crippen molar-refractivity contribution in [1.29, 1.82) is 0 Å². The first kappa shape index (κ1) is 14.9. The summed E-state index contributed by atoms with van der Waals surface area (Å²) in [6, 6.07) is 0. The first-order valence-corrected chi connectivity index (χ1v) is 8.75. The van der Waals surface area contributed by atoms with Crippen LogP contribution in [0.2, 0.25) is 0 Å². The number of hydrogen-bond acceptors (Lipinski definition) is 5. The molecule has 4 nitrogen and oxygen atoms in total. The molecule has 0 aliphatic heterocycles. The summed E-state index contributed by atoms with van der Waals surface area (Å²) in [6.07, 6.45) is 6.90. The summed E-state index contributed by atoms with van der Waals surface area (Å²) in [7, 11) is 2.73. The SMILES string of the molecule is COC(=O)C1(C(=O)OC)CC2=C(SC)C[C@H]3CCC[C@H]1[C@@H]23. The summed E-state index contributed by atoms with van der Waals surface area (Å²) in [4.78, 5) is 26.4. The van der Waals surface area contributed by atoms with Crippen LogP contribution >= 0.6 is 11.8 Å². The molecule has 0 aromatic carbocycles. The predicted octanol–water partition coefficient (Wildman–Crippen LogP) is 2.78. The van der Waals surface area contributed by atoms with E-state index in [4.69, 9.17) is 9.47 Å². The van der Waals surface area contributed by atoms with Gasteiger partial charge in [0.25, 0.3) is 0 Å². The quantitative estimate of drug-likeness (QED) is 0.592. The highest BCUT2D eigenvalue weighted by Gasteiger charge is 2.65. The largest absolute Gasteiger partial charge is 0.468 e. The van der Waals surface area contributed by atoms with Crippen LogP contribution in [-0.4, -0.2) is 32.4 Å². The Kier molecular flexibility index (Phi) is 3.80. The van der Waals surface area contributed by atoms with E-state index in [1.807, 2.05) is 0 Å². The number of rotatable bonds is 3. The van der Waals surface area contributed by atoms with Gasteiger partial charge in [0.15, 0.2) is 5.41 Å². The highest BCUT2D eigenvalue weighted by atomic mass is 32.2. The maximum absolute atomic E-state index is 12.5. The minimum Gasteiger partial charge on any atom is -0.468 e. The van der Waals surface area contributed by atoms with Crippen LogP contribution < -0.4 is 0 Å². The number of thioether (sulfide) groups is 1. The van der Waals surface area contributed by atoms with E-state index in [1.165, 1.54) is 31.1 Å². The molecule has 0 unspecified atom stereocenters. The van der Waals surface area contributed by atoms with Gasteiger partial charge in [0.2, 0.25) is 0 Å². The highest BCUT2D eigenvalue weighted by molar-refractivity contribution is 8.02. The monoisotopic (exact) mass is 310 g/mol. The van der Waals surface area contributed by atoms with Crippen molar-refractivity contribution in [2.75, 3.05) is 20.5 Å². The molecule has 21 heavy (non-hydrogen) atoms. The summed E-state index contributed by atoms with van der Waals surface area (Å²) < 4.78 is 10.0. The topological polar surface area (TPSA) is 52.6 Å².